The molecule has 0 N–H and O–H groups in total. The van der Waals surface area contributed by atoms with Gasteiger partial charge in [-0.2, -0.15) is 0 Å². The van der Waals surface area contributed by atoms with Crippen molar-refractivity contribution in [3.63, 3.8) is 0 Å². The highest BCUT2D eigenvalue weighted by atomic mass is 16.5. The van der Waals surface area contributed by atoms with Crippen molar-refractivity contribution < 1.29 is 4.74 Å². The summed E-state index contributed by atoms with van der Waals surface area (Å²) < 4.78 is 5.59. The van der Waals surface area contributed by atoms with Crippen LogP contribution in [0.25, 0.3) is 0 Å². The van der Waals surface area contributed by atoms with E-state index < -0.39 is 0 Å². The van der Waals surface area contributed by atoms with E-state index in [1.807, 2.05) is 7.11 Å². The summed E-state index contributed by atoms with van der Waals surface area (Å²) in [7, 11) is 1.90. The third-order valence-corrected chi connectivity index (χ3v) is 5.52. The Balaban J connectivity index is 1.72. The van der Waals surface area contributed by atoms with E-state index in [1.165, 1.54) is 70.6 Å². The van der Waals surface area contributed by atoms with Crippen molar-refractivity contribution in [3.8, 4) is 0 Å². The largest absolute Gasteiger partial charge is 0.381 e. The van der Waals surface area contributed by atoms with Gasteiger partial charge >= 0.3 is 0 Å². The molecule has 2 atom stereocenters. The first-order valence-electron chi connectivity index (χ1n) is 8.36. The molecule has 106 valence electrons. The highest BCUT2D eigenvalue weighted by Crippen LogP contribution is 2.41. The van der Waals surface area contributed by atoms with Crippen molar-refractivity contribution in [1.29, 1.82) is 0 Å². The van der Waals surface area contributed by atoms with E-state index in [1.54, 1.807) is 0 Å². The maximum atomic E-state index is 5.59. The molecule has 0 aromatic rings. The molecule has 0 amide bonds. The lowest BCUT2D eigenvalue weighted by Gasteiger charge is -2.38. The Labute approximate surface area is 114 Å². The van der Waals surface area contributed by atoms with E-state index in [0.29, 0.717) is 6.10 Å². The zero-order valence-corrected chi connectivity index (χ0v) is 12.5. The molecule has 2 aliphatic carbocycles. The standard InChI is InChI=1S/C17H32O/c1-3-4-6-14-9-11-15(12-10-14)16-7-5-8-17(13-16)18-2/h14-17H,3-13H2,1-2H3/t14-,15+,16-,17-/m1/s1. The van der Waals surface area contributed by atoms with Crippen LogP contribution in [-0.4, -0.2) is 13.2 Å². The van der Waals surface area contributed by atoms with Gasteiger partial charge < -0.3 is 4.74 Å². The molecule has 2 saturated carbocycles. The molecule has 0 unspecified atom stereocenters. The van der Waals surface area contributed by atoms with Crippen LogP contribution in [0, 0.1) is 17.8 Å². The number of hydrogen-bond donors (Lipinski definition) is 0. The van der Waals surface area contributed by atoms with Crippen LogP contribution in [-0.2, 0) is 4.74 Å². The van der Waals surface area contributed by atoms with Gasteiger partial charge in [-0.1, -0.05) is 45.4 Å². The third-order valence-electron chi connectivity index (χ3n) is 5.52. The van der Waals surface area contributed by atoms with E-state index in [0.717, 1.165) is 17.8 Å². The van der Waals surface area contributed by atoms with E-state index in [9.17, 15) is 0 Å². The SMILES string of the molecule is CCCC[C@H]1CC[C@@H]([C@@H]2CCC[C@@H](OC)C2)CC1. The maximum Gasteiger partial charge on any atom is 0.0574 e. The highest BCUT2D eigenvalue weighted by Gasteiger charge is 2.31. The zero-order chi connectivity index (χ0) is 12.8. The number of hydrogen-bond acceptors (Lipinski definition) is 1. The molecule has 0 saturated heterocycles. The summed E-state index contributed by atoms with van der Waals surface area (Å²) in [5, 5.41) is 0. The lowest BCUT2D eigenvalue weighted by atomic mass is 9.70. The fourth-order valence-corrected chi connectivity index (χ4v) is 4.26. The molecule has 2 rings (SSSR count). The summed E-state index contributed by atoms with van der Waals surface area (Å²) in [6, 6.07) is 0. The van der Waals surface area contributed by atoms with Crippen LogP contribution >= 0.6 is 0 Å². The Hall–Kier alpha value is -0.0400. The van der Waals surface area contributed by atoms with Gasteiger partial charge in [-0.15, -0.1) is 0 Å². The summed E-state index contributed by atoms with van der Waals surface area (Å²) in [6.07, 6.45) is 16.5. The van der Waals surface area contributed by atoms with Gasteiger partial charge in [0.1, 0.15) is 0 Å². The molecule has 0 aromatic carbocycles. The second-order valence-corrected chi connectivity index (χ2v) is 6.71. The lowest BCUT2D eigenvalue weighted by molar-refractivity contribution is 0.0283. The highest BCUT2D eigenvalue weighted by molar-refractivity contribution is 4.82. The Morgan fingerprint density at radius 2 is 1.72 bits per heavy atom. The number of ether oxygens (including phenoxy) is 1. The average molecular weight is 252 g/mol. The van der Waals surface area contributed by atoms with Gasteiger partial charge in [0.25, 0.3) is 0 Å². The minimum atomic E-state index is 0.571. The maximum absolute atomic E-state index is 5.59. The van der Waals surface area contributed by atoms with Crippen molar-refractivity contribution in [3.05, 3.63) is 0 Å². The van der Waals surface area contributed by atoms with Crippen LogP contribution < -0.4 is 0 Å². The van der Waals surface area contributed by atoms with Gasteiger partial charge in [-0.05, 0) is 49.9 Å². The van der Waals surface area contributed by atoms with Gasteiger partial charge in [0.05, 0.1) is 6.10 Å². The number of unbranched alkanes of at least 4 members (excludes halogenated alkanes) is 1. The molecule has 2 aliphatic rings. The fraction of sp³-hybridized carbons (Fsp3) is 1.00. The van der Waals surface area contributed by atoms with Gasteiger partial charge in [-0.3, -0.25) is 0 Å². The molecule has 0 spiro atoms. The Morgan fingerprint density at radius 1 is 0.944 bits per heavy atom. The topological polar surface area (TPSA) is 9.23 Å². The molecule has 2 fully saturated rings. The average Bonchev–Trinajstić information content (AvgIpc) is 2.46. The van der Waals surface area contributed by atoms with Crippen LogP contribution in [0.3, 0.4) is 0 Å². The smallest absolute Gasteiger partial charge is 0.0574 e. The predicted octanol–water partition coefficient (Wildman–Crippen LogP) is 5.19. The summed E-state index contributed by atoms with van der Waals surface area (Å²) in [4.78, 5) is 0. The zero-order valence-electron chi connectivity index (χ0n) is 12.5. The fourth-order valence-electron chi connectivity index (χ4n) is 4.26. The molecule has 0 heterocycles. The molecule has 0 radical (unpaired) electrons. The van der Waals surface area contributed by atoms with Gasteiger partial charge in [0.2, 0.25) is 0 Å². The van der Waals surface area contributed by atoms with E-state index >= 15 is 0 Å². The van der Waals surface area contributed by atoms with Crippen LogP contribution in [0.15, 0.2) is 0 Å². The summed E-state index contributed by atoms with van der Waals surface area (Å²) >= 11 is 0. The van der Waals surface area contributed by atoms with Crippen LogP contribution in [0.2, 0.25) is 0 Å². The van der Waals surface area contributed by atoms with Crippen LogP contribution in [0.4, 0.5) is 0 Å². The second kappa shape index (κ2) is 7.53. The summed E-state index contributed by atoms with van der Waals surface area (Å²) in [6.45, 7) is 2.32. The van der Waals surface area contributed by atoms with E-state index in [2.05, 4.69) is 6.92 Å². The van der Waals surface area contributed by atoms with E-state index in [4.69, 9.17) is 4.74 Å². The molecule has 1 heteroatoms. The molecular formula is C17H32O. The first kappa shape index (κ1) is 14.4. The normalized spacial score (nSPS) is 37.7. The van der Waals surface area contributed by atoms with Crippen molar-refractivity contribution in [2.45, 2.75) is 83.7 Å². The van der Waals surface area contributed by atoms with Crippen molar-refractivity contribution in [2.75, 3.05) is 7.11 Å². The lowest BCUT2D eigenvalue weighted by Crippen LogP contribution is -2.29. The molecule has 1 nitrogen and oxygen atoms in total. The van der Waals surface area contributed by atoms with Gasteiger partial charge in [-0.25, -0.2) is 0 Å². The quantitative estimate of drug-likeness (QED) is 0.654. The molecular weight excluding hydrogens is 220 g/mol. The van der Waals surface area contributed by atoms with Gasteiger partial charge in [0, 0.05) is 7.11 Å². The number of methoxy groups -OCH3 is 1. The predicted molar refractivity (Wildman–Crippen MR) is 77.7 cm³/mol. The van der Waals surface area contributed by atoms with Gasteiger partial charge in [0.15, 0.2) is 0 Å². The molecule has 0 aromatic heterocycles. The van der Waals surface area contributed by atoms with Crippen molar-refractivity contribution in [2.24, 2.45) is 17.8 Å². The Morgan fingerprint density at radius 3 is 2.39 bits per heavy atom. The van der Waals surface area contributed by atoms with Crippen molar-refractivity contribution in [1.82, 2.24) is 0 Å². The Kier molecular flexibility index (Phi) is 6.01. The van der Waals surface area contributed by atoms with Crippen molar-refractivity contribution >= 4 is 0 Å². The summed E-state index contributed by atoms with van der Waals surface area (Å²) in [5.74, 6) is 3.07. The molecule has 18 heavy (non-hydrogen) atoms. The summed E-state index contributed by atoms with van der Waals surface area (Å²) in [5.41, 5.74) is 0. The number of rotatable bonds is 5. The monoisotopic (exact) mass is 252 g/mol. The minimum absolute atomic E-state index is 0.571. The third kappa shape index (κ3) is 3.98. The van der Waals surface area contributed by atoms with E-state index in [-0.39, 0.29) is 0 Å². The van der Waals surface area contributed by atoms with Crippen LogP contribution in [0.1, 0.15) is 77.6 Å². The second-order valence-electron chi connectivity index (χ2n) is 6.71. The Bertz CT molecular complexity index is 218. The first-order chi connectivity index (χ1) is 8.83. The minimum Gasteiger partial charge on any atom is -0.381 e. The molecule has 0 aliphatic heterocycles. The first-order valence-corrected chi connectivity index (χ1v) is 8.36. The molecule has 0 bridgehead atoms. The van der Waals surface area contributed by atoms with Crippen LogP contribution in [0.5, 0.6) is 0 Å².